The van der Waals surface area contributed by atoms with Gasteiger partial charge in [0.2, 0.25) is 0 Å². The van der Waals surface area contributed by atoms with E-state index in [0.29, 0.717) is 10.0 Å². The smallest absolute Gasteiger partial charge is 0.303 e. The Hall–Kier alpha value is -1.56. The highest BCUT2D eigenvalue weighted by Crippen LogP contribution is 2.18. The molecule has 0 aromatic carbocycles. The van der Waals surface area contributed by atoms with Gasteiger partial charge in [0, 0.05) is 28.9 Å². The van der Waals surface area contributed by atoms with E-state index >= 15 is 0 Å². The number of nitrogens with zero attached hydrogens (tertiary/aromatic N) is 1. The number of carbonyl (C=O) groups is 3. The zero-order valence-corrected chi connectivity index (χ0v) is 11.3. The number of halogens is 1. The van der Waals surface area contributed by atoms with Gasteiger partial charge < -0.3 is 5.11 Å². The normalized spacial score (nSPS) is 11.9. The van der Waals surface area contributed by atoms with E-state index in [9.17, 15) is 14.4 Å². The van der Waals surface area contributed by atoms with Crippen LogP contribution in [0.1, 0.15) is 30.1 Å². The van der Waals surface area contributed by atoms with Crippen molar-refractivity contribution in [2.75, 3.05) is 0 Å². The Balaban J connectivity index is 2.89. The van der Waals surface area contributed by atoms with Gasteiger partial charge in [0.05, 0.1) is 5.92 Å². The Labute approximate surface area is 112 Å². The Kier molecular flexibility index (Phi) is 5.15. The minimum atomic E-state index is -1.03. The van der Waals surface area contributed by atoms with Crippen LogP contribution in [0.5, 0.6) is 0 Å². The summed E-state index contributed by atoms with van der Waals surface area (Å²) in [5, 5.41) is 8.60. The van der Waals surface area contributed by atoms with E-state index in [2.05, 4.69) is 20.9 Å². The molecule has 0 aliphatic rings. The number of pyridine rings is 1. The zero-order chi connectivity index (χ0) is 13.7. The molecule has 0 bridgehead atoms. The number of hydrogen-bond donors (Lipinski definition) is 1. The van der Waals surface area contributed by atoms with Crippen molar-refractivity contribution >= 4 is 33.5 Å². The first-order valence-electron chi connectivity index (χ1n) is 5.29. The number of aromatic nitrogens is 1. The molecule has 1 unspecified atom stereocenters. The largest absolute Gasteiger partial charge is 0.481 e. The maximum absolute atomic E-state index is 12.1. The fourth-order valence-electron chi connectivity index (χ4n) is 1.53. The summed E-state index contributed by atoms with van der Waals surface area (Å²) in [6, 6.07) is 1.56. The Morgan fingerprint density at radius 3 is 2.56 bits per heavy atom. The Morgan fingerprint density at radius 1 is 1.39 bits per heavy atom. The van der Waals surface area contributed by atoms with Crippen molar-refractivity contribution in [2.24, 2.45) is 5.92 Å². The minimum absolute atomic E-state index is 0.00993. The summed E-state index contributed by atoms with van der Waals surface area (Å²) in [4.78, 5) is 37.8. The van der Waals surface area contributed by atoms with Crippen molar-refractivity contribution in [3.8, 4) is 0 Å². The predicted octanol–water partition coefficient (Wildman–Crippen LogP) is 2.10. The fraction of sp³-hybridized carbons (Fsp3) is 0.333. The molecule has 1 atom stereocenters. The van der Waals surface area contributed by atoms with Gasteiger partial charge in [0.15, 0.2) is 5.78 Å². The first-order chi connectivity index (χ1) is 8.41. The third-order valence-electron chi connectivity index (χ3n) is 2.44. The Morgan fingerprint density at radius 2 is 2.06 bits per heavy atom. The number of carboxylic acid groups (broad SMARTS) is 1. The molecule has 0 radical (unpaired) electrons. The number of ketones is 2. The lowest BCUT2D eigenvalue weighted by molar-refractivity contribution is -0.137. The molecule has 0 fully saturated rings. The molecule has 0 aliphatic heterocycles. The maximum Gasteiger partial charge on any atom is 0.303 e. The van der Waals surface area contributed by atoms with Crippen LogP contribution in [0.4, 0.5) is 0 Å². The van der Waals surface area contributed by atoms with Crippen LogP contribution in [0, 0.1) is 5.92 Å². The first-order valence-corrected chi connectivity index (χ1v) is 6.08. The van der Waals surface area contributed by atoms with Crippen molar-refractivity contribution in [2.45, 2.75) is 19.8 Å². The van der Waals surface area contributed by atoms with E-state index in [0.717, 1.165) is 0 Å². The fourth-order valence-corrected chi connectivity index (χ4v) is 1.90. The van der Waals surface area contributed by atoms with Gasteiger partial charge in [-0.2, -0.15) is 0 Å². The number of carboxylic acids is 1. The summed E-state index contributed by atoms with van der Waals surface area (Å²) >= 11 is 3.19. The summed E-state index contributed by atoms with van der Waals surface area (Å²) < 4.78 is 0.633. The van der Waals surface area contributed by atoms with Crippen molar-refractivity contribution in [3.63, 3.8) is 0 Å². The van der Waals surface area contributed by atoms with Gasteiger partial charge in [-0.05, 0) is 35.3 Å². The van der Waals surface area contributed by atoms with Crippen molar-refractivity contribution in [3.05, 3.63) is 28.5 Å². The van der Waals surface area contributed by atoms with E-state index in [1.807, 2.05) is 0 Å². The lowest BCUT2D eigenvalue weighted by Gasteiger charge is -2.11. The monoisotopic (exact) mass is 313 g/mol. The van der Waals surface area contributed by atoms with Crippen LogP contribution in [0.15, 0.2) is 22.9 Å². The van der Waals surface area contributed by atoms with E-state index < -0.39 is 17.7 Å². The molecule has 0 saturated heterocycles. The average molecular weight is 314 g/mol. The van der Waals surface area contributed by atoms with Gasteiger partial charge in [-0.15, -0.1) is 0 Å². The van der Waals surface area contributed by atoms with Crippen LogP contribution in [-0.2, 0) is 9.59 Å². The molecule has 96 valence electrons. The van der Waals surface area contributed by atoms with E-state index in [1.54, 1.807) is 6.07 Å². The highest BCUT2D eigenvalue weighted by atomic mass is 79.9. The van der Waals surface area contributed by atoms with Crippen molar-refractivity contribution in [1.82, 2.24) is 4.98 Å². The van der Waals surface area contributed by atoms with Crippen LogP contribution in [0.25, 0.3) is 0 Å². The summed E-state index contributed by atoms with van der Waals surface area (Å²) in [6.07, 6.45) is 2.69. The highest BCUT2D eigenvalue weighted by molar-refractivity contribution is 9.10. The minimum Gasteiger partial charge on any atom is -0.481 e. The topological polar surface area (TPSA) is 84.3 Å². The number of carbonyl (C=O) groups excluding carboxylic acids is 2. The number of rotatable bonds is 6. The maximum atomic E-state index is 12.1. The molecule has 6 heteroatoms. The molecule has 0 saturated carbocycles. The number of aliphatic carboxylic acids is 1. The van der Waals surface area contributed by atoms with Crippen molar-refractivity contribution < 1.29 is 19.5 Å². The van der Waals surface area contributed by atoms with Gasteiger partial charge in [-0.25, -0.2) is 0 Å². The predicted molar refractivity (Wildman–Crippen MR) is 67.3 cm³/mol. The summed E-state index contributed by atoms with van der Waals surface area (Å²) in [7, 11) is 0. The third-order valence-corrected chi connectivity index (χ3v) is 2.88. The SMILES string of the molecule is CC(=O)C(CCC(=O)O)C(=O)c1cncc(Br)c1. The molecular formula is C12H12BrNO4. The number of hydrogen-bond acceptors (Lipinski definition) is 4. The first kappa shape index (κ1) is 14.5. The molecule has 1 rings (SSSR count). The molecule has 1 N–H and O–H groups in total. The van der Waals surface area contributed by atoms with Gasteiger partial charge in [-0.1, -0.05) is 0 Å². The van der Waals surface area contributed by atoms with E-state index in [4.69, 9.17) is 5.11 Å². The van der Waals surface area contributed by atoms with Gasteiger partial charge in [0.25, 0.3) is 0 Å². The molecule has 0 aliphatic carbocycles. The van der Waals surface area contributed by atoms with Gasteiger partial charge >= 0.3 is 5.97 Å². The van der Waals surface area contributed by atoms with Crippen LogP contribution >= 0.6 is 15.9 Å². The molecule has 18 heavy (non-hydrogen) atoms. The molecule has 1 aromatic heterocycles. The van der Waals surface area contributed by atoms with Crippen molar-refractivity contribution in [1.29, 1.82) is 0 Å². The van der Waals surface area contributed by atoms with Crippen LogP contribution < -0.4 is 0 Å². The lowest BCUT2D eigenvalue weighted by Crippen LogP contribution is -2.23. The van der Waals surface area contributed by atoms with Gasteiger partial charge in [0.1, 0.15) is 5.78 Å². The van der Waals surface area contributed by atoms with Crippen LogP contribution in [0.2, 0.25) is 0 Å². The van der Waals surface area contributed by atoms with Crippen LogP contribution in [-0.4, -0.2) is 27.6 Å². The zero-order valence-electron chi connectivity index (χ0n) is 9.72. The summed E-state index contributed by atoms with van der Waals surface area (Å²) in [5.74, 6) is -2.67. The van der Waals surface area contributed by atoms with Crippen LogP contribution in [0.3, 0.4) is 0 Å². The standard InChI is InChI=1S/C12H12BrNO4/c1-7(15)10(2-3-11(16)17)12(18)8-4-9(13)6-14-5-8/h4-6,10H,2-3H2,1H3,(H,16,17). The lowest BCUT2D eigenvalue weighted by atomic mass is 9.91. The molecule has 1 aromatic rings. The number of Topliss-reactive ketones (excluding diaryl/α,β-unsaturated/α-hetero) is 2. The summed E-state index contributed by atoms with van der Waals surface area (Å²) in [5.41, 5.74) is 0.301. The molecule has 0 spiro atoms. The second-order valence-electron chi connectivity index (χ2n) is 3.85. The highest BCUT2D eigenvalue weighted by Gasteiger charge is 2.25. The molecule has 5 nitrogen and oxygen atoms in total. The van der Waals surface area contributed by atoms with E-state index in [1.165, 1.54) is 19.3 Å². The quantitative estimate of drug-likeness (QED) is 0.642. The second kappa shape index (κ2) is 6.39. The average Bonchev–Trinajstić information content (AvgIpc) is 2.28. The van der Waals surface area contributed by atoms with E-state index in [-0.39, 0.29) is 18.6 Å². The molecule has 0 amide bonds. The molecular weight excluding hydrogens is 302 g/mol. The molecule has 1 heterocycles. The summed E-state index contributed by atoms with van der Waals surface area (Å²) in [6.45, 7) is 1.29. The third kappa shape index (κ3) is 4.03. The second-order valence-corrected chi connectivity index (χ2v) is 4.77. The van der Waals surface area contributed by atoms with Gasteiger partial charge in [-0.3, -0.25) is 19.4 Å². The Bertz CT molecular complexity index is 487.